The zero-order valence-electron chi connectivity index (χ0n) is 16.8. The molecule has 0 aliphatic heterocycles. The number of phenols is 1. The number of benzene rings is 2. The normalized spacial score (nSPS) is 14.2. The molecule has 15 heteroatoms. The highest BCUT2D eigenvalue weighted by Gasteiger charge is 2.90. The Morgan fingerprint density at radius 2 is 0.943 bits per heavy atom. The summed E-state index contributed by atoms with van der Waals surface area (Å²) in [6, 6.07) is 10.6. The minimum absolute atomic E-state index is 0.0445. The van der Waals surface area contributed by atoms with Crippen molar-refractivity contribution in [1.29, 1.82) is 0 Å². The van der Waals surface area contributed by atoms with E-state index in [2.05, 4.69) is 4.74 Å². The predicted octanol–water partition coefficient (Wildman–Crippen LogP) is 7.57. The highest BCUT2D eigenvalue weighted by atomic mass is 19.4. The van der Waals surface area contributed by atoms with E-state index < -0.39 is 48.8 Å². The minimum Gasteiger partial charge on any atom is -0.508 e. The number of phenolic OH excluding ortho intramolecular Hbond substituents is 1. The number of ether oxygens (including phenoxy) is 1. The first-order chi connectivity index (χ1) is 15.7. The number of hydrogen-bond acceptors (Lipinski definition) is 2. The Bertz CT molecular complexity index is 997. The summed E-state index contributed by atoms with van der Waals surface area (Å²) in [5, 5.41) is 9.23. The maximum absolute atomic E-state index is 13.7. The standard InChI is InChI=1S/C20H13F13O2/c21-15(22,16(23,24)17(25,26)18(27,28)19(29,30)20(31,32)33)9-10-35-14-7-3-12(4-8-14)11-1-5-13(34)6-2-11/h1-8,34H,9-10H2. The Hall–Kier alpha value is -2.87. The molecule has 0 radical (unpaired) electrons. The molecule has 0 aliphatic rings. The van der Waals surface area contributed by atoms with Gasteiger partial charge in [0.15, 0.2) is 0 Å². The van der Waals surface area contributed by atoms with Gasteiger partial charge in [-0.3, -0.25) is 0 Å². The lowest BCUT2D eigenvalue weighted by Crippen LogP contribution is -2.70. The third-order valence-corrected chi connectivity index (χ3v) is 4.74. The third kappa shape index (κ3) is 4.94. The van der Waals surface area contributed by atoms with Crippen LogP contribution in [-0.4, -0.2) is 47.5 Å². The molecule has 0 fully saturated rings. The molecule has 2 aromatic rings. The zero-order valence-corrected chi connectivity index (χ0v) is 16.8. The lowest BCUT2D eigenvalue weighted by atomic mass is 9.93. The van der Waals surface area contributed by atoms with E-state index in [0.29, 0.717) is 11.1 Å². The number of rotatable bonds is 9. The monoisotopic (exact) mass is 532 g/mol. The van der Waals surface area contributed by atoms with E-state index in [4.69, 9.17) is 0 Å². The Morgan fingerprint density at radius 1 is 0.543 bits per heavy atom. The van der Waals surface area contributed by atoms with Crippen molar-refractivity contribution in [1.82, 2.24) is 0 Å². The van der Waals surface area contributed by atoms with Crippen LogP contribution in [-0.2, 0) is 0 Å². The number of alkyl halides is 13. The second-order valence-corrected chi connectivity index (χ2v) is 7.17. The second-order valence-electron chi connectivity index (χ2n) is 7.17. The summed E-state index contributed by atoms with van der Waals surface area (Å²) >= 11 is 0. The SMILES string of the molecule is Oc1ccc(-c2ccc(OCCC(F)(F)C(F)(F)C(F)(F)C(F)(F)C(F)(F)C(F)(F)F)cc2)cc1. The molecule has 196 valence electrons. The van der Waals surface area contributed by atoms with E-state index in [1.54, 1.807) is 0 Å². The fourth-order valence-electron chi connectivity index (χ4n) is 2.65. The summed E-state index contributed by atoms with van der Waals surface area (Å²) in [6.07, 6.45) is -9.89. The van der Waals surface area contributed by atoms with Gasteiger partial charge in [0.25, 0.3) is 0 Å². The number of hydrogen-bond donors (Lipinski definition) is 1. The molecule has 0 aromatic heterocycles. The molecular weight excluding hydrogens is 519 g/mol. The highest BCUT2D eigenvalue weighted by molar-refractivity contribution is 5.64. The Labute approximate surface area is 187 Å². The molecule has 0 saturated carbocycles. The molecule has 0 heterocycles. The number of halogens is 13. The van der Waals surface area contributed by atoms with Gasteiger partial charge in [-0.15, -0.1) is 0 Å². The van der Waals surface area contributed by atoms with Crippen LogP contribution in [0.2, 0.25) is 0 Å². The minimum atomic E-state index is -7.92. The van der Waals surface area contributed by atoms with Crippen LogP contribution in [0.4, 0.5) is 57.1 Å². The average Bonchev–Trinajstić information content (AvgIpc) is 2.73. The van der Waals surface area contributed by atoms with Gasteiger partial charge in [-0.1, -0.05) is 24.3 Å². The van der Waals surface area contributed by atoms with Gasteiger partial charge >= 0.3 is 35.8 Å². The van der Waals surface area contributed by atoms with Crippen LogP contribution in [0.25, 0.3) is 11.1 Å². The fourth-order valence-corrected chi connectivity index (χ4v) is 2.65. The highest BCUT2D eigenvalue weighted by Crippen LogP contribution is 2.60. The van der Waals surface area contributed by atoms with Crippen LogP contribution < -0.4 is 4.74 Å². The van der Waals surface area contributed by atoms with Crippen molar-refractivity contribution < 1.29 is 66.9 Å². The Morgan fingerprint density at radius 3 is 1.37 bits per heavy atom. The van der Waals surface area contributed by atoms with Crippen molar-refractivity contribution in [3.05, 3.63) is 48.5 Å². The molecule has 0 saturated heterocycles. The molecule has 35 heavy (non-hydrogen) atoms. The molecule has 0 atom stereocenters. The summed E-state index contributed by atoms with van der Waals surface area (Å²) in [4.78, 5) is 0. The Balaban J connectivity index is 2.14. The van der Waals surface area contributed by atoms with Gasteiger partial charge in [0.05, 0.1) is 13.0 Å². The third-order valence-electron chi connectivity index (χ3n) is 4.74. The van der Waals surface area contributed by atoms with Gasteiger partial charge in [-0.25, -0.2) is 0 Å². The molecule has 2 nitrogen and oxygen atoms in total. The van der Waals surface area contributed by atoms with Crippen molar-refractivity contribution in [3.8, 4) is 22.6 Å². The molecule has 0 spiro atoms. The van der Waals surface area contributed by atoms with Crippen molar-refractivity contribution in [3.63, 3.8) is 0 Å². The summed E-state index contributed by atoms with van der Waals surface area (Å²) in [6.45, 7) is -1.53. The summed E-state index contributed by atoms with van der Waals surface area (Å²) < 4.78 is 175. The smallest absolute Gasteiger partial charge is 0.460 e. The van der Waals surface area contributed by atoms with Gasteiger partial charge in [0, 0.05) is 0 Å². The molecule has 0 unspecified atom stereocenters. The van der Waals surface area contributed by atoms with Crippen LogP contribution >= 0.6 is 0 Å². The van der Waals surface area contributed by atoms with Gasteiger partial charge in [0.1, 0.15) is 11.5 Å². The summed E-state index contributed by atoms with van der Waals surface area (Å²) in [5.41, 5.74) is 1.07. The lowest BCUT2D eigenvalue weighted by molar-refractivity contribution is -0.440. The van der Waals surface area contributed by atoms with E-state index in [1.165, 1.54) is 36.4 Å². The van der Waals surface area contributed by atoms with Crippen molar-refractivity contribution in [2.75, 3.05) is 6.61 Å². The van der Waals surface area contributed by atoms with Crippen LogP contribution in [0.5, 0.6) is 11.5 Å². The predicted molar refractivity (Wildman–Crippen MR) is 94.4 cm³/mol. The van der Waals surface area contributed by atoms with Crippen molar-refractivity contribution in [2.45, 2.75) is 42.2 Å². The molecule has 1 N–H and O–H groups in total. The topological polar surface area (TPSA) is 29.5 Å². The summed E-state index contributed by atoms with van der Waals surface area (Å²) in [7, 11) is 0. The quantitative estimate of drug-likeness (QED) is 0.338. The first-order valence-electron chi connectivity index (χ1n) is 9.17. The molecule has 0 bridgehead atoms. The van der Waals surface area contributed by atoms with Crippen LogP contribution in [0.3, 0.4) is 0 Å². The maximum atomic E-state index is 13.7. The molecular formula is C20H13F13O2. The largest absolute Gasteiger partial charge is 0.508 e. The summed E-state index contributed by atoms with van der Waals surface area (Å²) in [5.74, 6) is -37.3. The van der Waals surface area contributed by atoms with E-state index >= 15 is 0 Å². The maximum Gasteiger partial charge on any atom is 0.460 e. The lowest BCUT2D eigenvalue weighted by Gasteiger charge is -2.39. The average molecular weight is 532 g/mol. The van der Waals surface area contributed by atoms with Gasteiger partial charge in [-0.05, 0) is 35.4 Å². The molecule has 0 aliphatic carbocycles. The van der Waals surface area contributed by atoms with E-state index in [0.717, 1.165) is 12.1 Å². The van der Waals surface area contributed by atoms with Crippen molar-refractivity contribution >= 4 is 0 Å². The van der Waals surface area contributed by atoms with Gasteiger partial charge < -0.3 is 9.84 Å². The van der Waals surface area contributed by atoms with Crippen LogP contribution in [0.15, 0.2) is 48.5 Å². The van der Waals surface area contributed by atoms with E-state index in [9.17, 15) is 62.2 Å². The van der Waals surface area contributed by atoms with E-state index in [1.807, 2.05) is 0 Å². The molecule has 2 aromatic carbocycles. The van der Waals surface area contributed by atoms with E-state index in [-0.39, 0.29) is 11.5 Å². The Kier molecular flexibility index (Phi) is 7.27. The van der Waals surface area contributed by atoms with Gasteiger partial charge in [-0.2, -0.15) is 57.1 Å². The second kappa shape index (κ2) is 8.97. The van der Waals surface area contributed by atoms with Gasteiger partial charge in [0.2, 0.25) is 0 Å². The fraction of sp³-hybridized carbons (Fsp3) is 0.400. The molecule has 0 amide bonds. The first-order valence-corrected chi connectivity index (χ1v) is 9.17. The zero-order chi connectivity index (χ0) is 27.1. The number of aromatic hydroxyl groups is 1. The first kappa shape index (κ1) is 28.4. The van der Waals surface area contributed by atoms with Crippen LogP contribution in [0.1, 0.15) is 6.42 Å². The van der Waals surface area contributed by atoms with Crippen molar-refractivity contribution in [2.24, 2.45) is 0 Å². The van der Waals surface area contributed by atoms with Crippen LogP contribution in [0, 0.1) is 0 Å². The molecule has 2 rings (SSSR count).